The zero-order chi connectivity index (χ0) is 16.8. The van der Waals surface area contributed by atoms with Gasteiger partial charge in [0.25, 0.3) is 0 Å². The van der Waals surface area contributed by atoms with Crippen LogP contribution in [0.25, 0.3) is 0 Å². The average molecular weight is 346 g/mol. The van der Waals surface area contributed by atoms with Crippen molar-refractivity contribution in [1.29, 1.82) is 0 Å². The summed E-state index contributed by atoms with van der Waals surface area (Å²) in [6, 6.07) is 13.0. The minimum Gasteiger partial charge on any atom is -0.491 e. The molecular weight excluding hydrogens is 318 g/mol. The molecule has 0 amide bonds. The number of benzene rings is 1. The Labute approximate surface area is 148 Å². The number of rotatable bonds is 7. The molecule has 1 saturated heterocycles. The van der Waals surface area contributed by atoms with Gasteiger partial charge in [0.15, 0.2) is 0 Å². The number of likely N-dealkylation sites (tertiary alicyclic amines) is 1. The van der Waals surface area contributed by atoms with Crippen molar-refractivity contribution >= 4 is 11.3 Å². The molecule has 0 radical (unpaired) electrons. The minimum absolute atomic E-state index is 0.355. The van der Waals surface area contributed by atoms with Crippen LogP contribution in [-0.2, 0) is 6.42 Å². The van der Waals surface area contributed by atoms with Crippen LogP contribution in [0, 0.1) is 0 Å². The summed E-state index contributed by atoms with van der Waals surface area (Å²) in [6.07, 6.45) is 4.31. The molecule has 24 heavy (non-hydrogen) atoms. The number of nitrogens with zero attached hydrogens (tertiary/aromatic N) is 1. The SMILES string of the molecule is CC1CCCCN1CC(O)COc1ccc(Cc2cccs2)cc1. The number of hydrogen-bond acceptors (Lipinski definition) is 4. The topological polar surface area (TPSA) is 32.7 Å². The summed E-state index contributed by atoms with van der Waals surface area (Å²) in [6.45, 7) is 4.40. The van der Waals surface area contributed by atoms with E-state index in [0.29, 0.717) is 19.2 Å². The molecular formula is C20H27NO2S. The zero-order valence-corrected chi connectivity index (χ0v) is 15.2. The Morgan fingerprint density at radius 1 is 1.25 bits per heavy atom. The highest BCUT2D eigenvalue weighted by Gasteiger charge is 2.20. The molecule has 1 aromatic heterocycles. The molecule has 3 nitrogen and oxygen atoms in total. The Morgan fingerprint density at radius 3 is 2.79 bits per heavy atom. The second-order valence-corrected chi connectivity index (χ2v) is 7.74. The van der Waals surface area contributed by atoms with E-state index in [0.717, 1.165) is 18.7 Å². The van der Waals surface area contributed by atoms with Gasteiger partial charge < -0.3 is 9.84 Å². The van der Waals surface area contributed by atoms with E-state index in [1.54, 1.807) is 11.3 Å². The van der Waals surface area contributed by atoms with E-state index >= 15 is 0 Å². The number of aliphatic hydroxyl groups is 1. The molecule has 0 aliphatic carbocycles. The minimum atomic E-state index is -0.434. The number of hydrogen-bond donors (Lipinski definition) is 1. The lowest BCUT2D eigenvalue weighted by Crippen LogP contribution is -2.43. The Hall–Kier alpha value is -1.36. The second kappa shape index (κ2) is 8.65. The van der Waals surface area contributed by atoms with Crippen molar-refractivity contribution in [3.8, 4) is 5.75 Å². The van der Waals surface area contributed by atoms with Crippen LogP contribution in [0.4, 0.5) is 0 Å². The molecule has 2 atom stereocenters. The van der Waals surface area contributed by atoms with E-state index in [2.05, 4.69) is 41.5 Å². The predicted molar refractivity (Wildman–Crippen MR) is 100.0 cm³/mol. The van der Waals surface area contributed by atoms with E-state index < -0.39 is 6.10 Å². The van der Waals surface area contributed by atoms with Crippen molar-refractivity contribution in [2.24, 2.45) is 0 Å². The van der Waals surface area contributed by atoms with Crippen LogP contribution < -0.4 is 4.74 Å². The van der Waals surface area contributed by atoms with Gasteiger partial charge in [0.2, 0.25) is 0 Å². The quantitative estimate of drug-likeness (QED) is 0.825. The standard InChI is InChI=1S/C20H27NO2S/c1-16-5-2-3-11-21(16)14-18(22)15-23-19-9-7-17(8-10-19)13-20-6-4-12-24-20/h4,6-10,12,16,18,22H,2-3,5,11,13-15H2,1H3. The molecule has 1 aliphatic rings. The molecule has 2 heterocycles. The van der Waals surface area contributed by atoms with Crippen molar-refractivity contribution in [1.82, 2.24) is 4.90 Å². The van der Waals surface area contributed by atoms with Crippen LogP contribution in [-0.4, -0.2) is 41.8 Å². The van der Waals surface area contributed by atoms with Gasteiger partial charge in [-0.15, -0.1) is 11.3 Å². The van der Waals surface area contributed by atoms with E-state index in [4.69, 9.17) is 4.74 Å². The third kappa shape index (κ3) is 5.07. The fourth-order valence-corrected chi connectivity index (χ4v) is 4.00. The van der Waals surface area contributed by atoms with Gasteiger partial charge in [-0.2, -0.15) is 0 Å². The average Bonchev–Trinajstić information content (AvgIpc) is 3.09. The molecule has 0 bridgehead atoms. The normalized spacial score (nSPS) is 20.0. The molecule has 1 aromatic carbocycles. The predicted octanol–water partition coefficient (Wildman–Crippen LogP) is 3.95. The van der Waals surface area contributed by atoms with E-state index in [-0.39, 0.29) is 0 Å². The molecule has 4 heteroatoms. The molecule has 0 spiro atoms. The third-order valence-corrected chi connectivity index (χ3v) is 5.59. The highest BCUT2D eigenvalue weighted by Crippen LogP contribution is 2.19. The van der Waals surface area contributed by atoms with Crippen molar-refractivity contribution in [2.45, 2.75) is 44.8 Å². The Kier molecular flexibility index (Phi) is 6.30. The molecule has 1 fully saturated rings. The summed E-state index contributed by atoms with van der Waals surface area (Å²) >= 11 is 1.78. The molecule has 130 valence electrons. The molecule has 0 saturated carbocycles. The maximum Gasteiger partial charge on any atom is 0.119 e. The molecule has 1 aliphatic heterocycles. The number of aliphatic hydroxyl groups excluding tert-OH is 1. The van der Waals surface area contributed by atoms with Gasteiger partial charge in [-0.1, -0.05) is 24.6 Å². The van der Waals surface area contributed by atoms with Crippen molar-refractivity contribution in [2.75, 3.05) is 19.7 Å². The molecule has 1 N–H and O–H groups in total. The Balaban J connectivity index is 1.44. The van der Waals surface area contributed by atoms with Crippen LogP contribution in [0.3, 0.4) is 0 Å². The highest BCUT2D eigenvalue weighted by molar-refractivity contribution is 7.09. The van der Waals surface area contributed by atoms with Crippen LogP contribution >= 0.6 is 11.3 Å². The van der Waals surface area contributed by atoms with Crippen LogP contribution in [0.5, 0.6) is 5.75 Å². The van der Waals surface area contributed by atoms with Gasteiger partial charge in [-0.3, -0.25) is 4.90 Å². The molecule has 3 rings (SSSR count). The van der Waals surface area contributed by atoms with Gasteiger partial charge in [0.05, 0.1) is 0 Å². The first-order chi connectivity index (χ1) is 11.7. The van der Waals surface area contributed by atoms with E-state index in [9.17, 15) is 5.11 Å². The second-order valence-electron chi connectivity index (χ2n) is 6.70. The number of β-amino-alcohol motifs (C(OH)–C–C–N with tert-alkyl or cyclic N) is 1. The monoisotopic (exact) mass is 345 g/mol. The summed E-state index contributed by atoms with van der Waals surface area (Å²) in [7, 11) is 0. The van der Waals surface area contributed by atoms with Crippen molar-refractivity contribution in [3.63, 3.8) is 0 Å². The van der Waals surface area contributed by atoms with E-state index in [1.165, 1.54) is 29.7 Å². The summed E-state index contributed by atoms with van der Waals surface area (Å²) in [5.41, 5.74) is 1.28. The first-order valence-corrected chi connectivity index (χ1v) is 9.75. The Bertz CT molecular complexity index is 597. The zero-order valence-electron chi connectivity index (χ0n) is 14.4. The number of ether oxygens (including phenoxy) is 1. The molecule has 2 aromatic rings. The fraction of sp³-hybridized carbons (Fsp3) is 0.500. The van der Waals surface area contributed by atoms with Crippen molar-refractivity contribution in [3.05, 3.63) is 52.2 Å². The summed E-state index contributed by atoms with van der Waals surface area (Å²) in [5.74, 6) is 0.829. The maximum absolute atomic E-state index is 10.2. The smallest absolute Gasteiger partial charge is 0.119 e. The van der Waals surface area contributed by atoms with Gasteiger partial charge in [0, 0.05) is 23.9 Å². The summed E-state index contributed by atoms with van der Waals surface area (Å²) in [5, 5.41) is 12.3. The highest BCUT2D eigenvalue weighted by atomic mass is 32.1. The van der Waals surface area contributed by atoms with Gasteiger partial charge >= 0.3 is 0 Å². The van der Waals surface area contributed by atoms with Crippen LogP contribution in [0.1, 0.15) is 36.6 Å². The van der Waals surface area contributed by atoms with Gasteiger partial charge in [-0.05, 0) is 55.5 Å². The lowest BCUT2D eigenvalue weighted by molar-refractivity contribution is 0.0438. The maximum atomic E-state index is 10.2. The number of thiophene rings is 1. The Morgan fingerprint density at radius 2 is 2.08 bits per heavy atom. The summed E-state index contributed by atoms with van der Waals surface area (Å²) < 4.78 is 5.76. The third-order valence-electron chi connectivity index (χ3n) is 4.71. The molecule has 2 unspecified atom stereocenters. The largest absolute Gasteiger partial charge is 0.491 e. The lowest BCUT2D eigenvalue weighted by atomic mass is 10.0. The first kappa shape index (κ1) is 17.5. The first-order valence-electron chi connectivity index (χ1n) is 8.87. The van der Waals surface area contributed by atoms with Crippen molar-refractivity contribution < 1.29 is 9.84 Å². The summed E-state index contributed by atoms with van der Waals surface area (Å²) in [4.78, 5) is 3.75. The van der Waals surface area contributed by atoms with Gasteiger partial charge in [0.1, 0.15) is 18.5 Å². The van der Waals surface area contributed by atoms with Crippen LogP contribution in [0.2, 0.25) is 0 Å². The fourth-order valence-electron chi connectivity index (χ4n) is 3.26. The van der Waals surface area contributed by atoms with E-state index in [1.807, 2.05) is 12.1 Å². The number of piperidine rings is 1. The van der Waals surface area contributed by atoms with Gasteiger partial charge in [-0.25, -0.2) is 0 Å². The van der Waals surface area contributed by atoms with Crippen LogP contribution in [0.15, 0.2) is 41.8 Å². The lowest BCUT2D eigenvalue weighted by Gasteiger charge is -2.34.